The van der Waals surface area contributed by atoms with Gasteiger partial charge in [0.05, 0.1) is 30.8 Å². The molecule has 3 aromatic carbocycles. The van der Waals surface area contributed by atoms with Crippen molar-refractivity contribution in [2.45, 2.75) is 32.9 Å². The van der Waals surface area contributed by atoms with Crippen molar-refractivity contribution in [3.63, 3.8) is 0 Å². The molecule has 0 saturated carbocycles. The fraction of sp³-hybridized carbons (Fsp3) is 0.278. The molecule has 3 heterocycles. The summed E-state index contributed by atoms with van der Waals surface area (Å²) in [5.74, 6) is 1.75. The number of nitrogens with zero attached hydrogens (tertiary/aromatic N) is 4. The van der Waals surface area contributed by atoms with E-state index in [4.69, 9.17) is 10.5 Å². The second-order valence-corrected chi connectivity index (χ2v) is 11.4. The zero-order chi connectivity index (χ0) is 29.4. The van der Waals surface area contributed by atoms with Crippen LogP contribution in [0.5, 0.6) is 5.75 Å². The molecule has 6 rings (SSSR count). The molecular formula is C36H40N6O. The van der Waals surface area contributed by atoms with Crippen LogP contribution in [-0.2, 0) is 13.1 Å². The molecule has 0 atom stereocenters. The summed E-state index contributed by atoms with van der Waals surface area (Å²) in [5, 5.41) is 3.60. The molecule has 7 heteroatoms. The van der Waals surface area contributed by atoms with Crippen molar-refractivity contribution in [1.29, 1.82) is 0 Å². The minimum atomic E-state index is 0.633. The van der Waals surface area contributed by atoms with E-state index in [1.54, 1.807) is 6.20 Å². The summed E-state index contributed by atoms with van der Waals surface area (Å²) in [7, 11) is 0. The van der Waals surface area contributed by atoms with Crippen LogP contribution >= 0.6 is 0 Å². The van der Waals surface area contributed by atoms with Crippen LogP contribution in [-0.4, -0.2) is 45.7 Å². The first-order valence-electron chi connectivity index (χ1n) is 15.2. The Morgan fingerprint density at radius 2 is 1.77 bits per heavy atom. The maximum atomic E-state index is 6.47. The first-order chi connectivity index (χ1) is 21.1. The van der Waals surface area contributed by atoms with Crippen molar-refractivity contribution in [3.8, 4) is 28.1 Å². The minimum Gasteiger partial charge on any atom is -0.492 e. The maximum Gasteiger partial charge on any atom is 0.127 e. The highest BCUT2D eigenvalue weighted by Gasteiger charge is 2.16. The van der Waals surface area contributed by atoms with Crippen LogP contribution in [0.4, 0.5) is 11.4 Å². The lowest BCUT2D eigenvalue weighted by Crippen LogP contribution is -2.35. The lowest BCUT2D eigenvalue weighted by molar-refractivity contribution is 0.160. The first-order valence-corrected chi connectivity index (χ1v) is 15.2. The molecule has 1 aliphatic heterocycles. The lowest BCUT2D eigenvalue weighted by atomic mass is 9.99. The molecule has 3 N–H and O–H groups in total. The Kier molecular flexibility index (Phi) is 8.99. The van der Waals surface area contributed by atoms with Gasteiger partial charge in [-0.05, 0) is 79.4 Å². The van der Waals surface area contributed by atoms with E-state index in [0.717, 1.165) is 63.2 Å². The van der Waals surface area contributed by atoms with Gasteiger partial charge in [0.15, 0.2) is 0 Å². The van der Waals surface area contributed by atoms with Crippen LogP contribution in [0.15, 0.2) is 104 Å². The molecule has 0 bridgehead atoms. The number of aromatic nitrogens is 3. The highest BCUT2D eigenvalue weighted by Crippen LogP contribution is 2.33. The van der Waals surface area contributed by atoms with Gasteiger partial charge in [-0.15, -0.1) is 0 Å². The molecule has 1 fully saturated rings. The van der Waals surface area contributed by atoms with Crippen molar-refractivity contribution in [1.82, 2.24) is 19.4 Å². The van der Waals surface area contributed by atoms with Gasteiger partial charge >= 0.3 is 0 Å². The number of imidazole rings is 1. The minimum absolute atomic E-state index is 0.633. The summed E-state index contributed by atoms with van der Waals surface area (Å²) in [6, 6.07) is 28.9. The van der Waals surface area contributed by atoms with Crippen LogP contribution < -0.4 is 15.8 Å². The summed E-state index contributed by atoms with van der Waals surface area (Å²) < 4.78 is 8.50. The van der Waals surface area contributed by atoms with Gasteiger partial charge in [0.25, 0.3) is 0 Å². The second kappa shape index (κ2) is 13.6. The van der Waals surface area contributed by atoms with Gasteiger partial charge in [0.1, 0.15) is 12.4 Å². The molecule has 0 unspecified atom stereocenters. The van der Waals surface area contributed by atoms with E-state index in [2.05, 4.69) is 86.3 Å². The standard InChI is InChI=1S/C36H40N6O/c1-27-14-17-41(18-15-27)19-20-43-36-13-12-31(22-33(36)28-7-3-2-4-8-28)40-24-32-23-38-26-42(32)25-30-11-10-29(21-34(30)37)35-9-5-6-16-39-35/h2-13,16,21-23,26-27,40H,14-15,17-20,24-25,37H2,1H3. The molecule has 2 aromatic heterocycles. The maximum absolute atomic E-state index is 6.47. The number of ether oxygens (including phenoxy) is 1. The van der Waals surface area contributed by atoms with E-state index in [9.17, 15) is 0 Å². The first kappa shape index (κ1) is 28.5. The molecule has 0 amide bonds. The fourth-order valence-corrected chi connectivity index (χ4v) is 5.63. The predicted octanol–water partition coefficient (Wildman–Crippen LogP) is 6.97. The number of piperidine rings is 1. The molecule has 7 nitrogen and oxygen atoms in total. The quantitative estimate of drug-likeness (QED) is 0.167. The van der Waals surface area contributed by atoms with Crippen LogP contribution in [0.2, 0.25) is 0 Å². The molecule has 0 radical (unpaired) electrons. The van der Waals surface area contributed by atoms with E-state index in [1.165, 1.54) is 25.9 Å². The largest absolute Gasteiger partial charge is 0.492 e. The molecule has 1 aliphatic rings. The molecule has 0 spiro atoms. The SMILES string of the molecule is CC1CCN(CCOc2ccc(NCc3cncn3Cc3ccc(-c4ccccn4)cc3N)cc2-c2ccccc2)CC1. The monoisotopic (exact) mass is 572 g/mol. The van der Waals surface area contributed by atoms with Crippen LogP contribution in [0, 0.1) is 5.92 Å². The number of nitrogens with one attached hydrogen (secondary N) is 1. The number of hydrogen-bond acceptors (Lipinski definition) is 6. The Balaban J connectivity index is 1.12. The Morgan fingerprint density at radius 1 is 0.930 bits per heavy atom. The van der Waals surface area contributed by atoms with Crippen LogP contribution in [0.25, 0.3) is 22.4 Å². The van der Waals surface area contributed by atoms with Crippen LogP contribution in [0.3, 0.4) is 0 Å². The normalized spacial score (nSPS) is 14.1. The van der Waals surface area contributed by atoms with E-state index in [1.807, 2.05) is 42.9 Å². The highest BCUT2D eigenvalue weighted by molar-refractivity contribution is 5.74. The van der Waals surface area contributed by atoms with E-state index in [-0.39, 0.29) is 0 Å². The van der Waals surface area contributed by atoms with Gasteiger partial charge in [0.2, 0.25) is 0 Å². The number of anilines is 2. The smallest absolute Gasteiger partial charge is 0.127 e. The number of likely N-dealkylation sites (tertiary alicyclic amines) is 1. The van der Waals surface area contributed by atoms with Gasteiger partial charge < -0.3 is 20.4 Å². The number of nitrogens with two attached hydrogens (primary N) is 1. The highest BCUT2D eigenvalue weighted by atomic mass is 16.5. The Labute approximate surface area is 254 Å². The summed E-state index contributed by atoms with van der Waals surface area (Å²) in [6.45, 7) is 7.60. The average Bonchev–Trinajstić information content (AvgIpc) is 3.50. The number of nitrogen functional groups attached to an aromatic ring is 1. The molecular weight excluding hydrogens is 532 g/mol. The van der Waals surface area contributed by atoms with Crippen molar-refractivity contribution in [3.05, 3.63) is 115 Å². The third kappa shape index (κ3) is 7.24. The van der Waals surface area contributed by atoms with Gasteiger partial charge in [-0.3, -0.25) is 9.88 Å². The number of benzene rings is 3. The van der Waals surface area contributed by atoms with Crippen molar-refractivity contribution < 1.29 is 4.74 Å². The second-order valence-electron chi connectivity index (χ2n) is 11.4. The van der Waals surface area contributed by atoms with Crippen molar-refractivity contribution >= 4 is 11.4 Å². The number of pyridine rings is 1. The zero-order valence-electron chi connectivity index (χ0n) is 24.8. The Hall–Kier alpha value is -4.62. The Bertz CT molecular complexity index is 1610. The van der Waals surface area contributed by atoms with Crippen molar-refractivity contribution in [2.24, 2.45) is 5.92 Å². The summed E-state index contributed by atoms with van der Waals surface area (Å²) in [4.78, 5) is 11.4. The number of rotatable bonds is 11. The van der Waals surface area contributed by atoms with E-state index in [0.29, 0.717) is 19.7 Å². The predicted molar refractivity (Wildman–Crippen MR) is 175 cm³/mol. The average molecular weight is 573 g/mol. The molecule has 1 saturated heterocycles. The van der Waals surface area contributed by atoms with Crippen molar-refractivity contribution in [2.75, 3.05) is 37.3 Å². The van der Waals surface area contributed by atoms with E-state index >= 15 is 0 Å². The number of hydrogen-bond donors (Lipinski definition) is 2. The lowest BCUT2D eigenvalue weighted by Gasteiger charge is -2.30. The zero-order valence-corrected chi connectivity index (χ0v) is 24.8. The van der Waals surface area contributed by atoms with Gasteiger partial charge in [0, 0.05) is 41.4 Å². The third-order valence-corrected chi connectivity index (χ3v) is 8.33. The topological polar surface area (TPSA) is 81.2 Å². The van der Waals surface area contributed by atoms with Gasteiger partial charge in [-0.2, -0.15) is 0 Å². The van der Waals surface area contributed by atoms with Crippen LogP contribution in [0.1, 0.15) is 31.0 Å². The summed E-state index contributed by atoms with van der Waals surface area (Å²) in [6.07, 6.45) is 8.12. The molecule has 43 heavy (non-hydrogen) atoms. The molecule has 0 aliphatic carbocycles. The molecule has 5 aromatic rings. The van der Waals surface area contributed by atoms with Gasteiger partial charge in [-0.25, -0.2) is 4.98 Å². The summed E-state index contributed by atoms with van der Waals surface area (Å²) in [5.41, 5.74) is 14.5. The van der Waals surface area contributed by atoms with E-state index < -0.39 is 0 Å². The Morgan fingerprint density at radius 3 is 2.56 bits per heavy atom. The summed E-state index contributed by atoms with van der Waals surface area (Å²) >= 11 is 0. The third-order valence-electron chi connectivity index (χ3n) is 8.33. The fourth-order valence-electron chi connectivity index (χ4n) is 5.63. The van der Waals surface area contributed by atoms with Gasteiger partial charge in [-0.1, -0.05) is 55.5 Å². The molecule has 220 valence electrons.